The van der Waals surface area contributed by atoms with Gasteiger partial charge in [0.05, 0.1) is 23.5 Å². The Hall–Kier alpha value is -0.950. The average molecular weight is 288 g/mol. The van der Waals surface area contributed by atoms with Crippen molar-refractivity contribution in [3.05, 3.63) is 0 Å². The van der Waals surface area contributed by atoms with E-state index < -0.39 is 21.1 Å². The molecule has 108 valence electrons. The molecule has 1 N–H and O–H groups in total. The molecule has 6 nitrogen and oxygen atoms in total. The van der Waals surface area contributed by atoms with Crippen molar-refractivity contribution in [1.29, 1.82) is 0 Å². The van der Waals surface area contributed by atoms with E-state index in [1.54, 1.807) is 13.8 Å². The van der Waals surface area contributed by atoms with E-state index in [-0.39, 0.29) is 36.6 Å². The van der Waals surface area contributed by atoms with Crippen LogP contribution in [0.15, 0.2) is 0 Å². The molecule has 2 heterocycles. The van der Waals surface area contributed by atoms with Crippen LogP contribution in [-0.4, -0.2) is 54.8 Å². The van der Waals surface area contributed by atoms with Gasteiger partial charge in [-0.3, -0.25) is 14.5 Å². The highest BCUT2D eigenvalue weighted by atomic mass is 32.2. The summed E-state index contributed by atoms with van der Waals surface area (Å²) < 4.78 is 23.4. The molecule has 2 fully saturated rings. The van der Waals surface area contributed by atoms with Crippen LogP contribution in [0.25, 0.3) is 0 Å². The van der Waals surface area contributed by atoms with Gasteiger partial charge < -0.3 is 5.32 Å². The maximum atomic E-state index is 12.0. The number of imide groups is 1. The molecule has 0 aromatic heterocycles. The predicted molar refractivity (Wildman–Crippen MR) is 70.2 cm³/mol. The second-order valence-corrected chi connectivity index (χ2v) is 7.89. The van der Waals surface area contributed by atoms with Crippen LogP contribution in [-0.2, 0) is 19.4 Å². The summed E-state index contributed by atoms with van der Waals surface area (Å²) in [6.45, 7) is 3.84. The quantitative estimate of drug-likeness (QED) is 0.717. The molecular formula is C12H20N2O4S. The summed E-state index contributed by atoms with van der Waals surface area (Å²) in [7, 11) is -3.01. The number of rotatable bonds is 4. The van der Waals surface area contributed by atoms with Gasteiger partial charge in [-0.25, -0.2) is 8.42 Å². The fourth-order valence-electron chi connectivity index (χ4n) is 2.71. The van der Waals surface area contributed by atoms with Crippen LogP contribution >= 0.6 is 0 Å². The van der Waals surface area contributed by atoms with E-state index in [0.29, 0.717) is 12.8 Å². The zero-order chi connectivity index (χ0) is 14.2. The summed E-state index contributed by atoms with van der Waals surface area (Å²) in [6, 6.07) is -0.715. The van der Waals surface area contributed by atoms with Gasteiger partial charge in [0.2, 0.25) is 11.8 Å². The normalized spacial score (nSPS) is 30.6. The Morgan fingerprint density at radius 2 is 2.05 bits per heavy atom. The molecule has 2 rings (SSSR count). The summed E-state index contributed by atoms with van der Waals surface area (Å²) in [5, 5.41) is 2.54. The van der Waals surface area contributed by atoms with Crippen molar-refractivity contribution in [2.24, 2.45) is 0 Å². The molecule has 7 heteroatoms. The van der Waals surface area contributed by atoms with Crippen molar-refractivity contribution in [1.82, 2.24) is 10.2 Å². The molecular weight excluding hydrogens is 268 g/mol. The number of amides is 2. The summed E-state index contributed by atoms with van der Waals surface area (Å²) in [4.78, 5) is 25.0. The van der Waals surface area contributed by atoms with Crippen molar-refractivity contribution in [3.63, 3.8) is 0 Å². The van der Waals surface area contributed by atoms with Crippen LogP contribution in [0.1, 0.15) is 33.1 Å². The van der Waals surface area contributed by atoms with Gasteiger partial charge in [-0.1, -0.05) is 0 Å². The second kappa shape index (κ2) is 5.20. The number of hydrogen-bond acceptors (Lipinski definition) is 5. The molecule has 0 bridgehead atoms. The van der Waals surface area contributed by atoms with Gasteiger partial charge in [-0.2, -0.15) is 0 Å². The zero-order valence-corrected chi connectivity index (χ0v) is 12.1. The molecule has 0 aliphatic carbocycles. The first-order valence-corrected chi connectivity index (χ1v) is 8.35. The number of likely N-dealkylation sites (tertiary alicyclic amines) is 1. The van der Waals surface area contributed by atoms with Gasteiger partial charge in [0.25, 0.3) is 0 Å². The second-order valence-electron chi connectivity index (χ2n) is 5.49. The molecule has 2 aliphatic heterocycles. The number of hydrogen-bond donors (Lipinski definition) is 1. The molecule has 0 aromatic rings. The topological polar surface area (TPSA) is 83.6 Å². The monoisotopic (exact) mass is 288 g/mol. The lowest BCUT2D eigenvalue weighted by molar-refractivity contribution is -0.140. The lowest BCUT2D eigenvalue weighted by Gasteiger charge is -2.19. The van der Waals surface area contributed by atoms with Crippen LogP contribution in [0.3, 0.4) is 0 Å². The standard InChI is InChI=1S/C12H20N2O4S/c1-8(2)14-11(15)6-10(12(14)16)13-7-9-4-3-5-19(9,17)18/h8-10,13H,3-7H2,1-2H3. The number of carbonyl (C=O) groups excluding carboxylic acids is 2. The third-order valence-electron chi connectivity index (χ3n) is 3.75. The minimum absolute atomic E-state index is 0.129. The minimum Gasteiger partial charge on any atom is -0.304 e. The predicted octanol–water partition coefficient (Wildman–Crippen LogP) is -0.311. The first-order valence-electron chi connectivity index (χ1n) is 6.64. The first kappa shape index (κ1) is 14.5. The Morgan fingerprint density at radius 3 is 2.53 bits per heavy atom. The third-order valence-corrected chi connectivity index (χ3v) is 6.03. The summed E-state index contributed by atoms with van der Waals surface area (Å²) in [6.07, 6.45) is 1.45. The van der Waals surface area contributed by atoms with Crippen molar-refractivity contribution < 1.29 is 18.0 Å². The van der Waals surface area contributed by atoms with Gasteiger partial charge in [0, 0.05) is 12.6 Å². The van der Waals surface area contributed by atoms with Gasteiger partial charge in [0.15, 0.2) is 9.84 Å². The van der Waals surface area contributed by atoms with Gasteiger partial charge in [-0.05, 0) is 26.7 Å². The highest BCUT2D eigenvalue weighted by Gasteiger charge is 2.40. The summed E-state index contributed by atoms with van der Waals surface area (Å²) in [5.74, 6) is -0.197. The summed E-state index contributed by atoms with van der Waals surface area (Å²) >= 11 is 0. The lowest BCUT2D eigenvalue weighted by atomic mass is 10.2. The largest absolute Gasteiger partial charge is 0.304 e. The molecule has 2 saturated heterocycles. The van der Waals surface area contributed by atoms with E-state index >= 15 is 0 Å². The highest BCUT2D eigenvalue weighted by molar-refractivity contribution is 7.92. The maximum Gasteiger partial charge on any atom is 0.247 e. The van der Waals surface area contributed by atoms with Crippen molar-refractivity contribution in [2.45, 2.75) is 50.4 Å². The van der Waals surface area contributed by atoms with E-state index in [9.17, 15) is 18.0 Å². The molecule has 0 radical (unpaired) electrons. The van der Waals surface area contributed by atoms with Crippen LogP contribution in [0, 0.1) is 0 Å². The Balaban J connectivity index is 1.95. The molecule has 0 spiro atoms. The SMILES string of the molecule is CC(C)N1C(=O)CC(NCC2CCCS2(=O)=O)C1=O. The van der Waals surface area contributed by atoms with Gasteiger partial charge >= 0.3 is 0 Å². The van der Waals surface area contributed by atoms with Crippen LogP contribution in [0.4, 0.5) is 0 Å². The van der Waals surface area contributed by atoms with E-state index in [1.807, 2.05) is 0 Å². The fourth-order valence-corrected chi connectivity index (χ4v) is 4.49. The van der Waals surface area contributed by atoms with E-state index in [2.05, 4.69) is 5.32 Å². The van der Waals surface area contributed by atoms with Crippen LogP contribution in [0.5, 0.6) is 0 Å². The maximum absolute atomic E-state index is 12.0. The van der Waals surface area contributed by atoms with Gasteiger partial charge in [0.1, 0.15) is 0 Å². The first-order chi connectivity index (χ1) is 8.83. The van der Waals surface area contributed by atoms with Crippen molar-refractivity contribution in [3.8, 4) is 0 Å². The number of sulfone groups is 1. The molecule has 0 saturated carbocycles. The molecule has 2 aliphatic rings. The highest BCUT2D eigenvalue weighted by Crippen LogP contribution is 2.21. The van der Waals surface area contributed by atoms with Gasteiger partial charge in [-0.15, -0.1) is 0 Å². The molecule has 2 unspecified atom stereocenters. The van der Waals surface area contributed by atoms with E-state index in [4.69, 9.17) is 0 Å². The fraction of sp³-hybridized carbons (Fsp3) is 0.833. The number of carbonyl (C=O) groups is 2. The Labute approximate surface area is 113 Å². The molecule has 0 aromatic carbocycles. The van der Waals surface area contributed by atoms with E-state index in [0.717, 1.165) is 0 Å². The van der Waals surface area contributed by atoms with Crippen LogP contribution in [0.2, 0.25) is 0 Å². The smallest absolute Gasteiger partial charge is 0.247 e. The average Bonchev–Trinajstić information content (AvgIpc) is 2.76. The van der Waals surface area contributed by atoms with E-state index in [1.165, 1.54) is 4.90 Å². The minimum atomic E-state index is -3.01. The molecule has 19 heavy (non-hydrogen) atoms. The third kappa shape index (κ3) is 2.81. The Bertz CT molecular complexity index is 486. The van der Waals surface area contributed by atoms with Crippen molar-refractivity contribution in [2.75, 3.05) is 12.3 Å². The van der Waals surface area contributed by atoms with Crippen molar-refractivity contribution >= 4 is 21.7 Å². The lowest BCUT2D eigenvalue weighted by Crippen LogP contribution is -2.44. The van der Waals surface area contributed by atoms with Crippen LogP contribution < -0.4 is 5.32 Å². The number of nitrogens with zero attached hydrogens (tertiary/aromatic N) is 1. The summed E-state index contributed by atoms with van der Waals surface area (Å²) in [5.41, 5.74) is 0. The molecule has 2 amide bonds. The molecule has 2 atom stereocenters. The Morgan fingerprint density at radius 1 is 1.37 bits per heavy atom. The number of nitrogens with one attached hydrogen (secondary N) is 1. The zero-order valence-electron chi connectivity index (χ0n) is 11.3. The Kier molecular flexibility index (Phi) is 3.96.